The van der Waals surface area contributed by atoms with Crippen LogP contribution < -0.4 is 10.6 Å². The SMILES string of the molecule is CCOC(OCC)[C@H]1OC[C@H](NC(=O)CSC(=O)c2ccccc2)[C@@H]1NC(=O)CSC(=O)c1ccccc1. The number of benzene rings is 2. The quantitative estimate of drug-likeness (QED) is 0.356. The summed E-state index contributed by atoms with van der Waals surface area (Å²) in [5, 5.41) is 5.33. The Morgan fingerprint density at radius 2 is 1.29 bits per heavy atom. The molecule has 2 aromatic rings. The molecule has 1 aliphatic rings. The van der Waals surface area contributed by atoms with Crippen LogP contribution in [0.4, 0.5) is 0 Å². The van der Waals surface area contributed by atoms with Crippen molar-refractivity contribution in [3.8, 4) is 0 Å². The minimum atomic E-state index is -0.759. The maximum absolute atomic E-state index is 12.8. The number of rotatable bonds is 13. The second-order valence-corrected chi connectivity index (χ2v) is 10.1. The van der Waals surface area contributed by atoms with Crippen molar-refractivity contribution in [3.63, 3.8) is 0 Å². The first-order chi connectivity index (χ1) is 18.4. The van der Waals surface area contributed by atoms with Gasteiger partial charge in [-0.3, -0.25) is 19.2 Å². The number of carbonyl (C=O) groups is 4. The van der Waals surface area contributed by atoms with Crippen molar-refractivity contribution >= 4 is 45.6 Å². The molecule has 9 nitrogen and oxygen atoms in total. The molecule has 3 atom stereocenters. The van der Waals surface area contributed by atoms with Crippen LogP contribution in [-0.2, 0) is 23.8 Å². The molecule has 0 spiro atoms. The predicted molar refractivity (Wildman–Crippen MR) is 147 cm³/mol. The lowest BCUT2D eigenvalue weighted by molar-refractivity contribution is -0.195. The van der Waals surface area contributed by atoms with Crippen molar-refractivity contribution in [1.29, 1.82) is 0 Å². The van der Waals surface area contributed by atoms with E-state index >= 15 is 0 Å². The summed E-state index contributed by atoms with van der Waals surface area (Å²) < 4.78 is 17.3. The highest BCUT2D eigenvalue weighted by Gasteiger charge is 2.44. The highest BCUT2D eigenvalue weighted by Crippen LogP contribution is 2.22. The molecular formula is C27H32N2O7S2. The number of thioether (sulfide) groups is 2. The van der Waals surface area contributed by atoms with Crippen LogP contribution >= 0.6 is 23.5 Å². The summed E-state index contributed by atoms with van der Waals surface area (Å²) in [6.07, 6.45) is -1.44. The lowest BCUT2D eigenvalue weighted by atomic mass is 10.1. The van der Waals surface area contributed by atoms with Gasteiger partial charge in [-0.25, -0.2) is 0 Å². The van der Waals surface area contributed by atoms with Crippen molar-refractivity contribution in [1.82, 2.24) is 10.6 Å². The highest BCUT2D eigenvalue weighted by molar-refractivity contribution is 8.14. The van der Waals surface area contributed by atoms with Crippen LogP contribution in [0.15, 0.2) is 60.7 Å². The van der Waals surface area contributed by atoms with E-state index in [1.165, 1.54) is 0 Å². The van der Waals surface area contributed by atoms with Gasteiger partial charge in [-0.1, -0.05) is 84.2 Å². The zero-order chi connectivity index (χ0) is 27.3. The molecule has 0 saturated carbocycles. The summed E-state index contributed by atoms with van der Waals surface area (Å²) in [5.41, 5.74) is 1.02. The molecule has 0 aromatic heterocycles. The summed E-state index contributed by atoms with van der Waals surface area (Å²) in [6.45, 7) is 4.48. The normalized spacial score (nSPS) is 18.8. The Bertz CT molecular complexity index is 1070. The smallest absolute Gasteiger partial charge is 0.230 e. The molecule has 0 unspecified atom stereocenters. The lowest BCUT2D eigenvalue weighted by Crippen LogP contribution is -2.57. The predicted octanol–water partition coefficient (Wildman–Crippen LogP) is 2.90. The zero-order valence-corrected chi connectivity index (χ0v) is 22.9. The van der Waals surface area contributed by atoms with Crippen molar-refractivity contribution in [2.24, 2.45) is 0 Å². The van der Waals surface area contributed by atoms with Crippen molar-refractivity contribution in [3.05, 3.63) is 71.8 Å². The minimum absolute atomic E-state index is 0.0860. The van der Waals surface area contributed by atoms with E-state index in [-0.39, 0.29) is 40.2 Å². The van der Waals surface area contributed by atoms with Gasteiger partial charge in [-0.15, -0.1) is 0 Å². The van der Waals surface area contributed by atoms with Crippen LogP contribution in [0.25, 0.3) is 0 Å². The Balaban J connectivity index is 1.62. The van der Waals surface area contributed by atoms with Crippen LogP contribution in [0.3, 0.4) is 0 Å². The molecule has 2 amide bonds. The Kier molecular flexibility index (Phi) is 12.3. The molecule has 38 heavy (non-hydrogen) atoms. The van der Waals surface area contributed by atoms with Gasteiger partial charge in [0.05, 0.1) is 30.2 Å². The van der Waals surface area contributed by atoms with Crippen molar-refractivity contribution in [2.75, 3.05) is 31.3 Å². The van der Waals surface area contributed by atoms with Gasteiger partial charge in [0.1, 0.15) is 6.10 Å². The van der Waals surface area contributed by atoms with E-state index in [1.54, 1.807) is 48.5 Å². The van der Waals surface area contributed by atoms with Crippen LogP contribution in [-0.4, -0.2) is 77.8 Å². The molecule has 3 rings (SSSR count). The lowest BCUT2D eigenvalue weighted by Gasteiger charge is -2.29. The van der Waals surface area contributed by atoms with E-state index in [0.717, 1.165) is 23.5 Å². The number of hydrogen-bond donors (Lipinski definition) is 2. The average Bonchev–Trinajstić information content (AvgIpc) is 3.32. The first-order valence-electron chi connectivity index (χ1n) is 12.3. The number of carbonyl (C=O) groups excluding carboxylic acids is 4. The summed E-state index contributed by atoms with van der Waals surface area (Å²) in [5.74, 6) is -0.949. The van der Waals surface area contributed by atoms with Gasteiger partial charge in [0, 0.05) is 24.3 Å². The summed E-state index contributed by atoms with van der Waals surface area (Å²) in [7, 11) is 0. The molecule has 2 N–H and O–H groups in total. The summed E-state index contributed by atoms with van der Waals surface area (Å²) in [4.78, 5) is 50.3. The average molecular weight is 561 g/mol. The Hall–Kier alpha value is -2.70. The zero-order valence-electron chi connectivity index (χ0n) is 21.3. The van der Waals surface area contributed by atoms with Crippen molar-refractivity contribution in [2.45, 2.75) is 38.3 Å². The molecule has 1 saturated heterocycles. The third-order valence-corrected chi connectivity index (χ3v) is 7.36. The van der Waals surface area contributed by atoms with E-state index in [0.29, 0.717) is 24.3 Å². The molecule has 1 fully saturated rings. The van der Waals surface area contributed by atoms with E-state index in [1.807, 2.05) is 26.0 Å². The van der Waals surface area contributed by atoms with E-state index in [4.69, 9.17) is 14.2 Å². The Labute approximate surface area is 230 Å². The Morgan fingerprint density at radius 3 is 1.76 bits per heavy atom. The fourth-order valence-electron chi connectivity index (χ4n) is 3.83. The Morgan fingerprint density at radius 1 is 0.816 bits per heavy atom. The number of amides is 2. The second kappa shape index (κ2) is 15.6. The minimum Gasteiger partial charge on any atom is -0.368 e. The van der Waals surface area contributed by atoms with Gasteiger partial charge in [0.2, 0.25) is 22.0 Å². The maximum Gasteiger partial charge on any atom is 0.230 e. The van der Waals surface area contributed by atoms with E-state index in [2.05, 4.69) is 10.6 Å². The largest absolute Gasteiger partial charge is 0.368 e. The number of hydrogen-bond acceptors (Lipinski definition) is 9. The van der Waals surface area contributed by atoms with Crippen LogP contribution in [0.2, 0.25) is 0 Å². The van der Waals surface area contributed by atoms with Gasteiger partial charge < -0.3 is 24.8 Å². The molecular weight excluding hydrogens is 528 g/mol. The molecule has 204 valence electrons. The highest BCUT2D eigenvalue weighted by atomic mass is 32.2. The topological polar surface area (TPSA) is 120 Å². The number of nitrogens with one attached hydrogen (secondary N) is 2. The third-order valence-electron chi connectivity index (χ3n) is 5.55. The van der Waals surface area contributed by atoms with Crippen LogP contribution in [0, 0.1) is 0 Å². The van der Waals surface area contributed by atoms with Gasteiger partial charge in [0.25, 0.3) is 0 Å². The molecule has 0 bridgehead atoms. The molecule has 1 heterocycles. The molecule has 0 radical (unpaired) electrons. The molecule has 0 aliphatic carbocycles. The summed E-state index contributed by atoms with van der Waals surface area (Å²) >= 11 is 1.79. The van der Waals surface area contributed by atoms with E-state index < -0.39 is 24.5 Å². The fraction of sp³-hybridized carbons (Fsp3) is 0.407. The first-order valence-corrected chi connectivity index (χ1v) is 14.3. The monoisotopic (exact) mass is 560 g/mol. The third kappa shape index (κ3) is 8.95. The van der Waals surface area contributed by atoms with Crippen LogP contribution in [0.1, 0.15) is 34.6 Å². The number of ether oxygens (including phenoxy) is 3. The van der Waals surface area contributed by atoms with E-state index in [9.17, 15) is 19.2 Å². The first kappa shape index (κ1) is 29.9. The van der Waals surface area contributed by atoms with Gasteiger partial charge in [0.15, 0.2) is 6.29 Å². The second-order valence-electron chi connectivity index (χ2n) is 8.23. The van der Waals surface area contributed by atoms with Crippen LogP contribution in [0.5, 0.6) is 0 Å². The van der Waals surface area contributed by atoms with Gasteiger partial charge in [-0.05, 0) is 13.8 Å². The molecule has 2 aromatic carbocycles. The maximum atomic E-state index is 12.8. The summed E-state index contributed by atoms with van der Waals surface area (Å²) in [6, 6.07) is 16.2. The fourth-order valence-corrected chi connectivity index (χ4v) is 5.13. The molecule has 11 heteroatoms. The van der Waals surface area contributed by atoms with Gasteiger partial charge in [-0.2, -0.15) is 0 Å². The molecule has 1 aliphatic heterocycles. The standard InChI is InChI=1S/C27H32N2O7S2/c1-3-34-27(35-4-2)24-23(29-22(31)17-38-26(33)19-13-9-6-10-14-19)20(15-36-24)28-21(30)16-37-25(32)18-11-7-5-8-12-18/h5-14,20,23-24,27H,3-4,15-17H2,1-2H3,(H,28,30)(H,29,31)/t20-,23-,24-/m0/s1. The van der Waals surface area contributed by atoms with Crippen molar-refractivity contribution < 1.29 is 33.4 Å². The van der Waals surface area contributed by atoms with Gasteiger partial charge >= 0.3 is 0 Å².